The van der Waals surface area contributed by atoms with E-state index in [1.807, 2.05) is 30.3 Å². The SMILES string of the molecule is O=C(NC(CO)c1ccccc1)c1ncn[nH]1. The number of rotatable bonds is 4. The molecule has 0 aliphatic heterocycles. The number of benzene rings is 1. The van der Waals surface area contributed by atoms with Gasteiger partial charge in [0.05, 0.1) is 12.6 Å². The molecule has 0 fully saturated rings. The maximum atomic E-state index is 11.7. The Morgan fingerprint density at radius 2 is 2.18 bits per heavy atom. The molecule has 1 aromatic carbocycles. The van der Waals surface area contributed by atoms with Crippen molar-refractivity contribution < 1.29 is 9.90 Å². The van der Waals surface area contributed by atoms with Crippen LogP contribution in [0.4, 0.5) is 0 Å². The summed E-state index contributed by atoms with van der Waals surface area (Å²) in [5.74, 6) is -0.273. The lowest BCUT2D eigenvalue weighted by Crippen LogP contribution is -2.31. The summed E-state index contributed by atoms with van der Waals surface area (Å²) in [6.07, 6.45) is 1.26. The van der Waals surface area contributed by atoms with Gasteiger partial charge in [-0.2, -0.15) is 5.10 Å². The Balaban J connectivity index is 2.09. The number of hydrogen-bond acceptors (Lipinski definition) is 4. The fourth-order valence-corrected chi connectivity index (χ4v) is 1.46. The first kappa shape index (κ1) is 11.3. The number of H-pyrrole nitrogens is 1. The topological polar surface area (TPSA) is 90.9 Å². The first-order valence-corrected chi connectivity index (χ1v) is 5.13. The molecule has 0 saturated carbocycles. The molecule has 1 atom stereocenters. The predicted molar refractivity (Wildman–Crippen MR) is 60.1 cm³/mol. The van der Waals surface area contributed by atoms with Gasteiger partial charge in [0.2, 0.25) is 5.82 Å². The van der Waals surface area contributed by atoms with Crippen molar-refractivity contribution in [2.45, 2.75) is 6.04 Å². The van der Waals surface area contributed by atoms with Gasteiger partial charge in [-0.05, 0) is 5.56 Å². The van der Waals surface area contributed by atoms with Crippen LogP contribution in [0, 0.1) is 0 Å². The highest BCUT2D eigenvalue weighted by atomic mass is 16.3. The molecule has 3 N–H and O–H groups in total. The molecule has 0 radical (unpaired) electrons. The molecule has 0 spiro atoms. The van der Waals surface area contributed by atoms with Crippen LogP contribution >= 0.6 is 0 Å². The molecular weight excluding hydrogens is 220 g/mol. The molecule has 1 amide bonds. The van der Waals surface area contributed by atoms with Crippen molar-refractivity contribution in [1.29, 1.82) is 0 Å². The summed E-state index contributed by atoms with van der Waals surface area (Å²) < 4.78 is 0. The number of nitrogens with one attached hydrogen (secondary N) is 2. The molecule has 2 rings (SSSR count). The molecule has 0 aliphatic carbocycles. The third-order valence-electron chi connectivity index (χ3n) is 2.32. The number of carbonyl (C=O) groups is 1. The van der Waals surface area contributed by atoms with E-state index in [0.29, 0.717) is 0 Å². The van der Waals surface area contributed by atoms with Crippen LogP contribution in [-0.2, 0) is 0 Å². The van der Waals surface area contributed by atoms with E-state index in [-0.39, 0.29) is 12.4 Å². The van der Waals surface area contributed by atoms with Crippen LogP contribution < -0.4 is 5.32 Å². The van der Waals surface area contributed by atoms with Crippen LogP contribution in [0.15, 0.2) is 36.7 Å². The Morgan fingerprint density at radius 1 is 1.41 bits per heavy atom. The van der Waals surface area contributed by atoms with Gasteiger partial charge < -0.3 is 10.4 Å². The Morgan fingerprint density at radius 3 is 2.76 bits per heavy atom. The molecule has 6 nitrogen and oxygen atoms in total. The number of amides is 1. The average Bonchev–Trinajstić information content (AvgIpc) is 2.90. The lowest BCUT2D eigenvalue weighted by atomic mass is 10.1. The summed E-state index contributed by atoms with van der Waals surface area (Å²) in [7, 11) is 0. The highest BCUT2D eigenvalue weighted by molar-refractivity contribution is 5.90. The summed E-state index contributed by atoms with van der Waals surface area (Å²) in [6.45, 7) is -0.177. The van der Waals surface area contributed by atoms with Gasteiger partial charge in [0.25, 0.3) is 5.91 Å². The van der Waals surface area contributed by atoms with Gasteiger partial charge in [-0.25, -0.2) is 4.98 Å². The number of aliphatic hydroxyl groups is 1. The second kappa shape index (κ2) is 5.22. The molecule has 2 aromatic rings. The van der Waals surface area contributed by atoms with Crippen molar-refractivity contribution in [1.82, 2.24) is 20.5 Å². The summed E-state index contributed by atoms with van der Waals surface area (Å²) in [6, 6.07) is 8.78. The van der Waals surface area contributed by atoms with E-state index in [1.54, 1.807) is 0 Å². The normalized spacial score (nSPS) is 12.1. The first-order valence-electron chi connectivity index (χ1n) is 5.13. The Kier molecular flexibility index (Phi) is 3.46. The van der Waals surface area contributed by atoms with Gasteiger partial charge in [0.1, 0.15) is 6.33 Å². The standard InChI is InChI=1S/C11H12N4O2/c16-6-9(8-4-2-1-3-5-8)14-11(17)10-12-7-13-15-10/h1-5,7,9,16H,6H2,(H,14,17)(H,12,13,15). The minimum atomic E-state index is -0.450. The van der Waals surface area contributed by atoms with Gasteiger partial charge in [0, 0.05) is 0 Å². The van der Waals surface area contributed by atoms with Crippen LogP contribution in [0.3, 0.4) is 0 Å². The third-order valence-corrected chi connectivity index (χ3v) is 2.32. The minimum absolute atomic E-state index is 0.124. The van der Waals surface area contributed by atoms with Crippen LogP contribution in [0.25, 0.3) is 0 Å². The number of aromatic amines is 1. The molecule has 6 heteroatoms. The molecule has 88 valence electrons. The van der Waals surface area contributed by atoms with Crippen molar-refractivity contribution in [3.05, 3.63) is 48.0 Å². The van der Waals surface area contributed by atoms with Crippen LogP contribution in [0.5, 0.6) is 0 Å². The van der Waals surface area contributed by atoms with Gasteiger partial charge in [0.15, 0.2) is 0 Å². The number of aromatic nitrogens is 3. The first-order chi connectivity index (χ1) is 8.31. The largest absolute Gasteiger partial charge is 0.394 e. The maximum absolute atomic E-state index is 11.7. The van der Waals surface area contributed by atoms with Crippen LogP contribution in [0.2, 0.25) is 0 Å². The summed E-state index contributed by atoms with van der Waals surface area (Å²) in [5, 5.41) is 18.0. The molecule has 0 saturated heterocycles. The summed E-state index contributed by atoms with van der Waals surface area (Å²) in [5.41, 5.74) is 0.836. The van der Waals surface area contributed by atoms with Crippen molar-refractivity contribution in [3.63, 3.8) is 0 Å². The Hall–Kier alpha value is -2.21. The van der Waals surface area contributed by atoms with Gasteiger partial charge in [-0.1, -0.05) is 30.3 Å². The van der Waals surface area contributed by atoms with Crippen molar-refractivity contribution >= 4 is 5.91 Å². The Labute approximate surface area is 97.7 Å². The second-order valence-corrected chi connectivity index (χ2v) is 3.45. The average molecular weight is 232 g/mol. The van der Waals surface area contributed by atoms with E-state index < -0.39 is 11.9 Å². The smallest absolute Gasteiger partial charge is 0.289 e. The highest BCUT2D eigenvalue weighted by Crippen LogP contribution is 2.11. The zero-order valence-corrected chi connectivity index (χ0v) is 9.00. The fourth-order valence-electron chi connectivity index (χ4n) is 1.46. The third kappa shape index (κ3) is 2.67. The Bertz CT molecular complexity index is 469. The molecule has 1 unspecified atom stereocenters. The van der Waals surface area contributed by atoms with Gasteiger partial charge in [-0.3, -0.25) is 9.89 Å². The molecule has 1 heterocycles. The van der Waals surface area contributed by atoms with E-state index in [0.717, 1.165) is 5.56 Å². The van der Waals surface area contributed by atoms with E-state index in [4.69, 9.17) is 0 Å². The van der Waals surface area contributed by atoms with Crippen molar-refractivity contribution in [3.8, 4) is 0 Å². The molecular formula is C11H12N4O2. The van der Waals surface area contributed by atoms with E-state index >= 15 is 0 Å². The number of aliphatic hydroxyl groups excluding tert-OH is 1. The second-order valence-electron chi connectivity index (χ2n) is 3.45. The van der Waals surface area contributed by atoms with Gasteiger partial charge in [-0.15, -0.1) is 0 Å². The van der Waals surface area contributed by atoms with Crippen LogP contribution in [-0.4, -0.2) is 32.8 Å². The number of nitrogens with zero attached hydrogens (tertiary/aromatic N) is 2. The van der Waals surface area contributed by atoms with E-state index in [2.05, 4.69) is 20.5 Å². The van der Waals surface area contributed by atoms with Crippen molar-refractivity contribution in [2.24, 2.45) is 0 Å². The zero-order chi connectivity index (χ0) is 12.1. The van der Waals surface area contributed by atoms with E-state index in [1.165, 1.54) is 6.33 Å². The number of hydrogen-bond donors (Lipinski definition) is 3. The highest BCUT2D eigenvalue weighted by Gasteiger charge is 2.16. The van der Waals surface area contributed by atoms with E-state index in [9.17, 15) is 9.90 Å². The monoisotopic (exact) mass is 232 g/mol. The summed E-state index contributed by atoms with van der Waals surface area (Å²) in [4.78, 5) is 15.4. The predicted octanol–water partition coefficient (Wildman–Crippen LogP) is 0.268. The number of carbonyl (C=O) groups excluding carboxylic acids is 1. The fraction of sp³-hybridized carbons (Fsp3) is 0.182. The molecule has 1 aromatic heterocycles. The molecule has 0 bridgehead atoms. The van der Waals surface area contributed by atoms with Gasteiger partial charge >= 0.3 is 0 Å². The lowest BCUT2D eigenvalue weighted by molar-refractivity contribution is 0.0906. The lowest BCUT2D eigenvalue weighted by Gasteiger charge is -2.15. The van der Waals surface area contributed by atoms with Crippen molar-refractivity contribution in [2.75, 3.05) is 6.61 Å². The van der Waals surface area contributed by atoms with Crippen LogP contribution in [0.1, 0.15) is 22.2 Å². The quantitative estimate of drug-likeness (QED) is 0.705. The minimum Gasteiger partial charge on any atom is -0.394 e. The summed E-state index contributed by atoms with van der Waals surface area (Å²) >= 11 is 0. The zero-order valence-electron chi connectivity index (χ0n) is 9.00. The molecule has 17 heavy (non-hydrogen) atoms. The molecule has 0 aliphatic rings. The maximum Gasteiger partial charge on any atom is 0.289 e.